The number of hydrogen-bond donors (Lipinski definition) is 2. The zero-order chi connectivity index (χ0) is 13.8. The van der Waals surface area contributed by atoms with Crippen molar-refractivity contribution in [3.05, 3.63) is 17.1 Å². The highest BCUT2D eigenvalue weighted by Crippen LogP contribution is 2.34. The van der Waals surface area contributed by atoms with E-state index >= 15 is 0 Å². The van der Waals surface area contributed by atoms with Crippen LogP contribution in [-0.4, -0.2) is 38.5 Å². The molecule has 0 amide bonds. The summed E-state index contributed by atoms with van der Waals surface area (Å²) < 4.78 is 0. The minimum Gasteiger partial charge on any atom is -0.478 e. The van der Waals surface area contributed by atoms with Gasteiger partial charge in [0.25, 0.3) is 0 Å². The molecule has 0 aromatic carbocycles. The summed E-state index contributed by atoms with van der Waals surface area (Å²) in [6.07, 6.45) is 4.53. The van der Waals surface area contributed by atoms with Gasteiger partial charge in [-0.05, 0) is 19.8 Å². The number of thioether (sulfide) groups is 1. The lowest BCUT2D eigenvalue weighted by molar-refractivity contribution is 0.0690. The highest BCUT2D eigenvalue weighted by molar-refractivity contribution is 7.99. The smallest absolute Gasteiger partial charge is 0.340 e. The Hall–Kier alpha value is -1.14. The monoisotopic (exact) mass is 282 g/mol. The van der Waals surface area contributed by atoms with Crippen LogP contribution in [0.1, 0.15) is 53.5 Å². The Labute approximate surface area is 116 Å². The largest absolute Gasteiger partial charge is 0.478 e. The molecular weight excluding hydrogens is 264 g/mol. The van der Waals surface area contributed by atoms with Crippen LogP contribution >= 0.6 is 11.8 Å². The summed E-state index contributed by atoms with van der Waals surface area (Å²) in [5.74, 6) is 0.562. The lowest BCUT2D eigenvalue weighted by Gasteiger charge is -2.13. The van der Waals surface area contributed by atoms with Crippen LogP contribution in [0.3, 0.4) is 0 Å². The normalized spacial score (nSPS) is 15.9. The summed E-state index contributed by atoms with van der Waals surface area (Å²) in [6.45, 7) is 1.72. The topological polar surface area (TPSA) is 83.3 Å². The molecule has 0 aliphatic heterocycles. The van der Waals surface area contributed by atoms with Gasteiger partial charge in [0.15, 0.2) is 0 Å². The van der Waals surface area contributed by atoms with Gasteiger partial charge in [0.05, 0.1) is 12.3 Å². The van der Waals surface area contributed by atoms with Crippen LogP contribution in [0.25, 0.3) is 0 Å². The first-order valence-corrected chi connectivity index (χ1v) is 7.47. The lowest BCUT2D eigenvalue weighted by Crippen LogP contribution is -2.11. The molecule has 1 aromatic heterocycles. The Kier molecular flexibility index (Phi) is 4.76. The molecule has 1 aliphatic carbocycles. The Morgan fingerprint density at radius 3 is 2.63 bits per heavy atom. The van der Waals surface area contributed by atoms with Crippen molar-refractivity contribution in [2.24, 2.45) is 0 Å². The predicted octanol–water partition coefficient (Wildman–Crippen LogP) is 2.23. The Bertz CT molecular complexity index is 473. The highest BCUT2D eigenvalue weighted by atomic mass is 32.2. The number of nitrogens with zero attached hydrogens (tertiary/aromatic N) is 2. The van der Waals surface area contributed by atoms with Crippen LogP contribution < -0.4 is 0 Å². The first-order chi connectivity index (χ1) is 9.13. The van der Waals surface area contributed by atoms with Crippen molar-refractivity contribution in [2.45, 2.75) is 43.6 Å². The van der Waals surface area contributed by atoms with Crippen LogP contribution in [0.2, 0.25) is 0 Å². The number of rotatable bonds is 5. The molecule has 0 spiro atoms. The number of aromatic carboxylic acids is 1. The molecule has 1 aliphatic rings. The van der Waals surface area contributed by atoms with Crippen LogP contribution in [0, 0.1) is 6.92 Å². The van der Waals surface area contributed by atoms with Crippen molar-refractivity contribution in [1.29, 1.82) is 0 Å². The van der Waals surface area contributed by atoms with Crippen LogP contribution in [-0.2, 0) is 0 Å². The summed E-state index contributed by atoms with van der Waals surface area (Å²) in [5.41, 5.74) is 0.685. The molecule has 104 valence electrons. The highest BCUT2D eigenvalue weighted by Gasteiger charge is 2.24. The maximum atomic E-state index is 11.3. The second-order valence-corrected chi connectivity index (χ2v) is 5.79. The molecule has 1 heterocycles. The van der Waals surface area contributed by atoms with Gasteiger partial charge >= 0.3 is 5.97 Å². The van der Waals surface area contributed by atoms with Crippen molar-refractivity contribution >= 4 is 17.7 Å². The molecule has 0 unspecified atom stereocenters. The average molecular weight is 282 g/mol. The van der Waals surface area contributed by atoms with E-state index in [9.17, 15) is 9.90 Å². The van der Waals surface area contributed by atoms with Crippen molar-refractivity contribution in [2.75, 3.05) is 12.4 Å². The quantitative estimate of drug-likeness (QED) is 0.636. The molecule has 1 fully saturated rings. The van der Waals surface area contributed by atoms with E-state index in [1.54, 1.807) is 6.92 Å². The number of carboxylic acids is 1. The number of aliphatic hydroxyl groups is 1. The SMILES string of the molecule is Cc1nc(C2CCCC2)nc(SCCO)c1C(=O)O. The second kappa shape index (κ2) is 6.34. The van der Waals surface area contributed by atoms with Crippen LogP contribution in [0.15, 0.2) is 5.03 Å². The molecule has 6 heteroatoms. The fourth-order valence-corrected chi connectivity index (χ4v) is 3.25. The van der Waals surface area contributed by atoms with Gasteiger partial charge in [0.2, 0.25) is 0 Å². The van der Waals surface area contributed by atoms with Crippen molar-refractivity contribution in [3.63, 3.8) is 0 Å². The van der Waals surface area contributed by atoms with E-state index in [2.05, 4.69) is 9.97 Å². The van der Waals surface area contributed by atoms with Crippen LogP contribution in [0.5, 0.6) is 0 Å². The number of carboxylic acid groups (broad SMARTS) is 1. The van der Waals surface area contributed by atoms with E-state index in [1.165, 1.54) is 24.6 Å². The molecule has 1 saturated carbocycles. The van der Waals surface area contributed by atoms with Gasteiger partial charge in [-0.15, -0.1) is 11.8 Å². The van der Waals surface area contributed by atoms with Crippen molar-refractivity contribution in [3.8, 4) is 0 Å². The van der Waals surface area contributed by atoms with Gasteiger partial charge in [-0.3, -0.25) is 0 Å². The number of aryl methyl sites for hydroxylation is 1. The van der Waals surface area contributed by atoms with E-state index in [0.29, 0.717) is 22.4 Å². The first kappa shape index (κ1) is 14.3. The fourth-order valence-electron chi connectivity index (χ4n) is 2.43. The molecular formula is C13H18N2O3S. The molecule has 2 rings (SSSR count). The Morgan fingerprint density at radius 2 is 2.05 bits per heavy atom. The molecule has 0 radical (unpaired) electrons. The molecule has 2 N–H and O–H groups in total. The minimum atomic E-state index is -1.00. The molecule has 5 nitrogen and oxygen atoms in total. The van der Waals surface area contributed by atoms with Gasteiger partial charge in [-0.1, -0.05) is 12.8 Å². The molecule has 0 atom stereocenters. The van der Waals surface area contributed by atoms with Crippen molar-refractivity contribution < 1.29 is 15.0 Å². The third-order valence-electron chi connectivity index (χ3n) is 3.34. The third-order valence-corrected chi connectivity index (χ3v) is 4.29. The standard InChI is InChI=1S/C13H18N2O3S/c1-8-10(13(17)18)12(19-7-6-16)15-11(14-8)9-4-2-3-5-9/h9,16H,2-7H2,1H3,(H,17,18). The zero-order valence-electron chi connectivity index (χ0n) is 10.9. The average Bonchev–Trinajstić information content (AvgIpc) is 2.88. The summed E-state index contributed by atoms with van der Waals surface area (Å²) in [4.78, 5) is 20.1. The van der Waals surface area contributed by atoms with Gasteiger partial charge in [-0.2, -0.15) is 0 Å². The number of aliphatic hydroxyl groups excluding tert-OH is 1. The van der Waals surface area contributed by atoms with Gasteiger partial charge in [0, 0.05) is 11.7 Å². The van der Waals surface area contributed by atoms with E-state index in [1.807, 2.05) is 0 Å². The summed E-state index contributed by atoms with van der Waals surface area (Å²) in [6, 6.07) is 0. The van der Waals surface area contributed by atoms with Gasteiger partial charge in [-0.25, -0.2) is 14.8 Å². The van der Waals surface area contributed by atoms with E-state index < -0.39 is 5.97 Å². The van der Waals surface area contributed by atoms with E-state index in [4.69, 9.17) is 5.11 Å². The van der Waals surface area contributed by atoms with Gasteiger partial charge in [0.1, 0.15) is 16.4 Å². The maximum absolute atomic E-state index is 11.3. The molecule has 1 aromatic rings. The number of aromatic nitrogens is 2. The van der Waals surface area contributed by atoms with Gasteiger partial charge < -0.3 is 10.2 Å². The third kappa shape index (κ3) is 3.25. The van der Waals surface area contributed by atoms with Crippen LogP contribution in [0.4, 0.5) is 0 Å². The zero-order valence-corrected chi connectivity index (χ0v) is 11.7. The first-order valence-electron chi connectivity index (χ1n) is 6.49. The summed E-state index contributed by atoms with van der Waals surface area (Å²) >= 11 is 1.28. The molecule has 0 saturated heterocycles. The van der Waals surface area contributed by atoms with Crippen molar-refractivity contribution in [1.82, 2.24) is 9.97 Å². The predicted molar refractivity (Wildman–Crippen MR) is 72.7 cm³/mol. The number of carbonyl (C=O) groups is 1. The second-order valence-electron chi connectivity index (χ2n) is 4.71. The summed E-state index contributed by atoms with van der Waals surface area (Å²) in [5, 5.41) is 18.6. The Morgan fingerprint density at radius 1 is 1.37 bits per heavy atom. The van der Waals surface area contributed by atoms with E-state index in [0.717, 1.165) is 18.7 Å². The number of hydrogen-bond acceptors (Lipinski definition) is 5. The minimum absolute atomic E-state index is 0.00549. The lowest BCUT2D eigenvalue weighted by atomic mass is 10.1. The molecule has 0 bridgehead atoms. The maximum Gasteiger partial charge on any atom is 0.340 e. The Balaban J connectivity index is 2.37. The fraction of sp³-hybridized carbons (Fsp3) is 0.615. The summed E-state index contributed by atoms with van der Waals surface area (Å²) in [7, 11) is 0. The van der Waals surface area contributed by atoms with E-state index in [-0.39, 0.29) is 12.2 Å². The molecule has 19 heavy (non-hydrogen) atoms.